The van der Waals surface area contributed by atoms with Gasteiger partial charge in [0, 0.05) is 17.5 Å². The number of aromatic nitrogens is 2. The Kier molecular flexibility index (Phi) is 4.19. The molecule has 5 nitrogen and oxygen atoms in total. The van der Waals surface area contributed by atoms with Crippen molar-refractivity contribution < 1.29 is 14.3 Å². The second-order valence-electron chi connectivity index (χ2n) is 4.09. The summed E-state index contributed by atoms with van der Waals surface area (Å²) in [6.45, 7) is 1.68. The van der Waals surface area contributed by atoms with E-state index in [1.807, 2.05) is 0 Å². The zero-order valence-electron chi connectivity index (χ0n) is 10.5. The first-order valence-electron chi connectivity index (χ1n) is 5.68. The molecule has 104 valence electrons. The van der Waals surface area contributed by atoms with Gasteiger partial charge >= 0.3 is 5.97 Å². The molecule has 0 aliphatic rings. The number of thioether (sulfide) groups is 1. The fraction of sp³-hybridized carbons (Fsp3) is 0.154. The van der Waals surface area contributed by atoms with Crippen LogP contribution in [0.2, 0.25) is 0 Å². The Morgan fingerprint density at radius 1 is 1.45 bits per heavy atom. The number of hydrogen-bond acceptors (Lipinski definition) is 4. The highest BCUT2D eigenvalue weighted by molar-refractivity contribution is 7.98. The SMILES string of the molecule is Cc1cc(=O)[nH]c(SCc2cc(F)ccc2C(=O)O)n1. The Balaban J connectivity index is 2.24. The molecule has 0 spiro atoms. The van der Waals surface area contributed by atoms with Crippen LogP contribution in [0.15, 0.2) is 34.2 Å². The summed E-state index contributed by atoms with van der Waals surface area (Å²) in [4.78, 5) is 29.0. The Bertz CT molecular complexity index is 715. The van der Waals surface area contributed by atoms with E-state index in [0.717, 1.165) is 17.8 Å². The molecular formula is C13H11FN2O3S. The molecule has 1 aromatic heterocycles. The molecule has 20 heavy (non-hydrogen) atoms. The number of benzene rings is 1. The number of halogens is 1. The molecule has 2 rings (SSSR count). The number of hydrogen-bond donors (Lipinski definition) is 2. The van der Waals surface area contributed by atoms with Crippen LogP contribution < -0.4 is 5.56 Å². The standard InChI is InChI=1S/C13H11FN2O3S/c1-7-4-11(17)16-13(15-7)20-6-8-5-9(14)2-3-10(8)12(18)19/h2-5H,6H2,1H3,(H,18,19)(H,15,16,17). The predicted octanol–water partition coefficient (Wildman–Crippen LogP) is 2.21. The van der Waals surface area contributed by atoms with E-state index < -0.39 is 11.8 Å². The fourth-order valence-corrected chi connectivity index (χ4v) is 2.57. The molecule has 0 aliphatic carbocycles. The van der Waals surface area contributed by atoms with Crippen molar-refractivity contribution in [2.45, 2.75) is 17.8 Å². The number of aryl methyl sites for hydroxylation is 1. The van der Waals surface area contributed by atoms with Gasteiger partial charge in [0.25, 0.3) is 5.56 Å². The molecule has 0 atom stereocenters. The smallest absolute Gasteiger partial charge is 0.335 e. The van der Waals surface area contributed by atoms with Gasteiger partial charge in [0.1, 0.15) is 5.82 Å². The average molecular weight is 294 g/mol. The minimum absolute atomic E-state index is 0.0360. The van der Waals surface area contributed by atoms with E-state index in [0.29, 0.717) is 16.4 Å². The lowest BCUT2D eigenvalue weighted by molar-refractivity contribution is 0.0696. The lowest BCUT2D eigenvalue weighted by Crippen LogP contribution is -2.08. The van der Waals surface area contributed by atoms with Gasteiger partial charge in [-0.25, -0.2) is 14.2 Å². The van der Waals surface area contributed by atoms with Crippen molar-refractivity contribution in [3.8, 4) is 0 Å². The summed E-state index contributed by atoms with van der Waals surface area (Å²) in [5.74, 6) is -1.42. The summed E-state index contributed by atoms with van der Waals surface area (Å²) in [6, 6.07) is 4.85. The molecule has 7 heteroatoms. The molecule has 2 aromatic rings. The second kappa shape index (κ2) is 5.87. The third-order valence-electron chi connectivity index (χ3n) is 2.51. The van der Waals surface area contributed by atoms with Crippen LogP contribution in [0.25, 0.3) is 0 Å². The second-order valence-corrected chi connectivity index (χ2v) is 5.05. The molecule has 1 heterocycles. The quantitative estimate of drug-likeness (QED) is 0.667. The number of aromatic carboxylic acids is 1. The summed E-state index contributed by atoms with van der Waals surface area (Å²) in [7, 11) is 0. The summed E-state index contributed by atoms with van der Waals surface area (Å²) < 4.78 is 13.2. The van der Waals surface area contributed by atoms with Gasteiger partial charge in [-0.15, -0.1) is 0 Å². The highest BCUT2D eigenvalue weighted by Crippen LogP contribution is 2.22. The molecule has 1 aromatic carbocycles. The number of nitrogens with zero attached hydrogens (tertiary/aromatic N) is 1. The molecule has 0 radical (unpaired) electrons. The first-order valence-corrected chi connectivity index (χ1v) is 6.67. The van der Waals surface area contributed by atoms with Crippen LogP contribution in [0, 0.1) is 12.7 Å². The Hall–Kier alpha value is -2.15. The maximum atomic E-state index is 13.2. The van der Waals surface area contributed by atoms with Crippen molar-refractivity contribution in [2.24, 2.45) is 0 Å². The van der Waals surface area contributed by atoms with Crippen LogP contribution in [-0.2, 0) is 5.75 Å². The fourth-order valence-electron chi connectivity index (χ4n) is 1.66. The van der Waals surface area contributed by atoms with Crippen LogP contribution in [0.5, 0.6) is 0 Å². The zero-order valence-corrected chi connectivity index (χ0v) is 11.3. The number of aromatic amines is 1. The minimum atomic E-state index is -1.12. The van der Waals surface area contributed by atoms with Gasteiger partial charge in [0.05, 0.1) is 5.56 Å². The third-order valence-corrected chi connectivity index (χ3v) is 3.43. The number of nitrogens with one attached hydrogen (secondary N) is 1. The molecule has 0 unspecified atom stereocenters. The van der Waals surface area contributed by atoms with Crippen molar-refractivity contribution in [1.29, 1.82) is 0 Å². The van der Waals surface area contributed by atoms with Gasteiger partial charge in [-0.2, -0.15) is 0 Å². The van der Waals surface area contributed by atoms with Gasteiger partial charge in [0.2, 0.25) is 0 Å². The summed E-state index contributed by atoms with van der Waals surface area (Å²) in [5, 5.41) is 9.41. The van der Waals surface area contributed by atoms with Crippen molar-refractivity contribution in [3.05, 3.63) is 57.3 Å². The zero-order chi connectivity index (χ0) is 14.7. The molecule has 0 amide bonds. The summed E-state index contributed by atoms with van der Waals surface area (Å²) in [5.41, 5.74) is 0.659. The van der Waals surface area contributed by atoms with Crippen LogP contribution in [0.1, 0.15) is 21.6 Å². The van der Waals surface area contributed by atoms with E-state index in [1.165, 1.54) is 18.2 Å². The van der Waals surface area contributed by atoms with Crippen molar-refractivity contribution in [3.63, 3.8) is 0 Å². The molecule has 2 N–H and O–H groups in total. The van der Waals surface area contributed by atoms with E-state index in [4.69, 9.17) is 5.11 Å². The molecular weight excluding hydrogens is 283 g/mol. The van der Waals surface area contributed by atoms with Crippen molar-refractivity contribution in [2.75, 3.05) is 0 Å². The van der Waals surface area contributed by atoms with Crippen LogP contribution in [-0.4, -0.2) is 21.0 Å². The van der Waals surface area contributed by atoms with Gasteiger partial charge in [0.15, 0.2) is 5.16 Å². The summed E-state index contributed by atoms with van der Waals surface area (Å²) >= 11 is 1.15. The van der Waals surface area contributed by atoms with Crippen LogP contribution >= 0.6 is 11.8 Å². The monoisotopic (exact) mass is 294 g/mol. The Morgan fingerprint density at radius 2 is 2.20 bits per heavy atom. The number of carboxylic acids is 1. The first-order chi connectivity index (χ1) is 9.45. The van der Waals surface area contributed by atoms with Crippen LogP contribution in [0.3, 0.4) is 0 Å². The molecule has 0 bridgehead atoms. The Morgan fingerprint density at radius 3 is 2.85 bits per heavy atom. The van der Waals surface area contributed by atoms with E-state index in [9.17, 15) is 14.0 Å². The minimum Gasteiger partial charge on any atom is -0.478 e. The maximum Gasteiger partial charge on any atom is 0.335 e. The number of carbonyl (C=O) groups is 1. The third kappa shape index (κ3) is 3.45. The predicted molar refractivity (Wildman–Crippen MR) is 72.5 cm³/mol. The number of H-pyrrole nitrogens is 1. The van der Waals surface area contributed by atoms with E-state index in [2.05, 4.69) is 9.97 Å². The maximum absolute atomic E-state index is 13.2. The number of carboxylic acid groups (broad SMARTS) is 1. The topological polar surface area (TPSA) is 83.0 Å². The van der Waals surface area contributed by atoms with Crippen molar-refractivity contribution in [1.82, 2.24) is 9.97 Å². The normalized spacial score (nSPS) is 10.5. The van der Waals surface area contributed by atoms with Gasteiger partial charge in [-0.1, -0.05) is 11.8 Å². The lowest BCUT2D eigenvalue weighted by atomic mass is 10.1. The highest BCUT2D eigenvalue weighted by atomic mass is 32.2. The molecule has 0 aliphatic heterocycles. The van der Waals surface area contributed by atoms with E-state index >= 15 is 0 Å². The first kappa shape index (κ1) is 14.3. The summed E-state index contributed by atoms with van der Waals surface area (Å²) in [6.07, 6.45) is 0. The highest BCUT2D eigenvalue weighted by Gasteiger charge is 2.12. The van der Waals surface area contributed by atoms with E-state index in [1.54, 1.807) is 6.92 Å². The number of rotatable bonds is 4. The molecule has 0 saturated carbocycles. The molecule has 0 fully saturated rings. The largest absolute Gasteiger partial charge is 0.478 e. The van der Waals surface area contributed by atoms with Crippen LogP contribution in [0.4, 0.5) is 4.39 Å². The van der Waals surface area contributed by atoms with Crippen molar-refractivity contribution >= 4 is 17.7 Å². The van der Waals surface area contributed by atoms with Gasteiger partial charge in [-0.3, -0.25) is 4.79 Å². The van der Waals surface area contributed by atoms with E-state index in [-0.39, 0.29) is 16.9 Å². The Labute approximate surface area is 117 Å². The van der Waals surface area contributed by atoms with Gasteiger partial charge < -0.3 is 10.1 Å². The van der Waals surface area contributed by atoms with Gasteiger partial charge in [-0.05, 0) is 30.7 Å². The lowest BCUT2D eigenvalue weighted by Gasteiger charge is -2.06. The average Bonchev–Trinajstić information content (AvgIpc) is 2.35. The molecule has 0 saturated heterocycles.